The summed E-state index contributed by atoms with van der Waals surface area (Å²) in [6.45, 7) is 2.03. The summed E-state index contributed by atoms with van der Waals surface area (Å²) in [7, 11) is 0. The predicted molar refractivity (Wildman–Crippen MR) is 54.8 cm³/mol. The average molecular weight is 189 g/mol. The molecule has 1 aliphatic rings. The van der Waals surface area contributed by atoms with E-state index in [0.717, 1.165) is 19.3 Å². The molecule has 2 heteroatoms. The van der Waals surface area contributed by atoms with Gasteiger partial charge in [-0.25, -0.2) is 0 Å². The molecule has 1 aliphatic carbocycles. The Morgan fingerprint density at radius 3 is 2.71 bits per heavy atom. The Balaban J connectivity index is 1.93. The average Bonchev–Trinajstić information content (AvgIpc) is 3.01. The number of rotatable bonds is 4. The van der Waals surface area contributed by atoms with Gasteiger partial charge in [0.25, 0.3) is 0 Å². The maximum Gasteiger partial charge on any atom is 0.139 e. The van der Waals surface area contributed by atoms with E-state index in [1.165, 1.54) is 5.56 Å². The molecule has 0 N–H and O–H groups in total. The molecule has 2 rings (SSSR count). The van der Waals surface area contributed by atoms with Crippen molar-refractivity contribution in [3.05, 3.63) is 30.1 Å². The van der Waals surface area contributed by atoms with Gasteiger partial charge < -0.3 is 0 Å². The molecule has 1 heterocycles. The van der Waals surface area contributed by atoms with Crippen molar-refractivity contribution in [3.63, 3.8) is 0 Å². The van der Waals surface area contributed by atoms with Gasteiger partial charge in [-0.2, -0.15) is 0 Å². The van der Waals surface area contributed by atoms with Crippen LogP contribution < -0.4 is 0 Å². The summed E-state index contributed by atoms with van der Waals surface area (Å²) in [5.41, 5.74) is 1.21. The van der Waals surface area contributed by atoms with Crippen molar-refractivity contribution in [2.75, 3.05) is 0 Å². The van der Waals surface area contributed by atoms with E-state index in [1.54, 1.807) is 12.4 Å². The van der Waals surface area contributed by atoms with Gasteiger partial charge in [-0.1, -0.05) is 6.92 Å². The molecule has 0 bridgehead atoms. The van der Waals surface area contributed by atoms with Gasteiger partial charge in [0, 0.05) is 24.2 Å². The Bertz CT molecular complexity index is 316. The number of carbonyl (C=O) groups excluding carboxylic acids is 1. The van der Waals surface area contributed by atoms with Crippen molar-refractivity contribution < 1.29 is 4.79 Å². The fourth-order valence-electron chi connectivity index (χ4n) is 1.74. The molecular weight excluding hydrogens is 174 g/mol. The molecule has 1 saturated carbocycles. The Morgan fingerprint density at radius 2 is 2.14 bits per heavy atom. The number of nitrogens with zero attached hydrogens (tertiary/aromatic N) is 1. The molecule has 1 unspecified atom stereocenters. The first-order valence-electron chi connectivity index (χ1n) is 5.20. The maximum atomic E-state index is 11.7. The third-order valence-corrected chi connectivity index (χ3v) is 2.76. The molecule has 1 fully saturated rings. The van der Waals surface area contributed by atoms with Crippen molar-refractivity contribution in [2.45, 2.75) is 26.2 Å². The second-order valence-electron chi connectivity index (χ2n) is 4.14. The van der Waals surface area contributed by atoms with Gasteiger partial charge in [-0.05, 0) is 37.0 Å². The zero-order valence-corrected chi connectivity index (χ0v) is 8.44. The van der Waals surface area contributed by atoms with Crippen molar-refractivity contribution in [1.29, 1.82) is 0 Å². The first kappa shape index (κ1) is 9.38. The van der Waals surface area contributed by atoms with Crippen molar-refractivity contribution in [1.82, 2.24) is 4.98 Å². The molecule has 2 nitrogen and oxygen atoms in total. The van der Waals surface area contributed by atoms with Gasteiger partial charge in [-0.3, -0.25) is 9.78 Å². The summed E-state index contributed by atoms with van der Waals surface area (Å²) in [6, 6.07) is 3.97. The van der Waals surface area contributed by atoms with Crippen LogP contribution in [0.3, 0.4) is 0 Å². The molecule has 0 aromatic carbocycles. The predicted octanol–water partition coefficient (Wildman–Crippen LogP) is 2.24. The number of hydrogen-bond donors (Lipinski definition) is 0. The van der Waals surface area contributed by atoms with Crippen LogP contribution >= 0.6 is 0 Å². The van der Waals surface area contributed by atoms with Gasteiger partial charge in [0.05, 0.1) is 0 Å². The highest BCUT2D eigenvalue weighted by Gasteiger charge is 2.32. The lowest BCUT2D eigenvalue weighted by Gasteiger charge is -2.08. The van der Waals surface area contributed by atoms with Crippen LogP contribution in [-0.2, 0) is 11.2 Å². The van der Waals surface area contributed by atoms with Gasteiger partial charge >= 0.3 is 0 Å². The lowest BCUT2D eigenvalue weighted by molar-refractivity contribution is -0.123. The quantitative estimate of drug-likeness (QED) is 0.727. The topological polar surface area (TPSA) is 30.0 Å². The highest BCUT2D eigenvalue weighted by atomic mass is 16.1. The number of aromatic nitrogens is 1. The lowest BCUT2D eigenvalue weighted by atomic mass is 9.95. The van der Waals surface area contributed by atoms with Crippen LogP contribution in [-0.4, -0.2) is 10.8 Å². The normalized spacial score (nSPS) is 17.8. The summed E-state index contributed by atoms with van der Waals surface area (Å²) in [5, 5.41) is 0. The third kappa shape index (κ3) is 2.19. The summed E-state index contributed by atoms with van der Waals surface area (Å²) >= 11 is 0. The van der Waals surface area contributed by atoms with Crippen LogP contribution in [0.1, 0.15) is 25.3 Å². The minimum absolute atomic E-state index is 0.171. The second-order valence-corrected chi connectivity index (χ2v) is 4.14. The van der Waals surface area contributed by atoms with Crippen LogP contribution in [0.5, 0.6) is 0 Å². The first-order valence-corrected chi connectivity index (χ1v) is 5.20. The molecule has 0 saturated heterocycles. The number of hydrogen-bond acceptors (Lipinski definition) is 2. The first-order chi connectivity index (χ1) is 6.77. The number of carbonyl (C=O) groups is 1. The highest BCUT2D eigenvalue weighted by Crippen LogP contribution is 2.33. The Morgan fingerprint density at radius 1 is 1.50 bits per heavy atom. The van der Waals surface area contributed by atoms with Crippen molar-refractivity contribution in [3.8, 4) is 0 Å². The van der Waals surface area contributed by atoms with Gasteiger partial charge in [-0.15, -0.1) is 0 Å². The van der Waals surface area contributed by atoms with Crippen molar-refractivity contribution in [2.24, 2.45) is 11.8 Å². The molecular formula is C12H15NO. The van der Waals surface area contributed by atoms with Crippen LogP contribution in [0.15, 0.2) is 24.5 Å². The van der Waals surface area contributed by atoms with Gasteiger partial charge in [0.2, 0.25) is 0 Å². The summed E-state index contributed by atoms with van der Waals surface area (Å²) in [6.07, 6.45) is 6.64. The fourth-order valence-corrected chi connectivity index (χ4v) is 1.74. The zero-order chi connectivity index (χ0) is 9.97. The SMILES string of the molecule is CC(Cc1ccncc1)C(=O)C1CC1. The van der Waals surface area contributed by atoms with E-state index in [2.05, 4.69) is 4.98 Å². The molecule has 1 atom stereocenters. The maximum absolute atomic E-state index is 11.7. The van der Waals surface area contributed by atoms with Gasteiger partial charge in [0.15, 0.2) is 0 Å². The fraction of sp³-hybridized carbons (Fsp3) is 0.500. The highest BCUT2D eigenvalue weighted by molar-refractivity contribution is 5.85. The minimum Gasteiger partial charge on any atom is -0.299 e. The van der Waals surface area contributed by atoms with E-state index in [-0.39, 0.29) is 5.92 Å². The third-order valence-electron chi connectivity index (χ3n) is 2.76. The monoisotopic (exact) mass is 189 g/mol. The second kappa shape index (κ2) is 3.91. The van der Waals surface area contributed by atoms with E-state index in [1.807, 2.05) is 19.1 Å². The van der Waals surface area contributed by atoms with Gasteiger partial charge in [0.1, 0.15) is 5.78 Å². The summed E-state index contributed by atoms with van der Waals surface area (Å²) < 4.78 is 0. The smallest absolute Gasteiger partial charge is 0.139 e. The molecule has 1 aromatic heterocycles. The van der Waals surface area contributed by atoms with Crippen LogP contribution in [0.2, 0.25) is 0 Å². The summed E-state index contributed by atoms with van der Waals surface area (Å²) in [4.78, 5) is 15.7. The minimum atomic E-state index is 0.171. The Hall–Kier alpha value is -1.18. The molecule has 1 aromatic rings. The molecule has 0 radical (unpaired) electrons. The zero-order valence-electron chi connectivity index (χ0n) is 8.44. The van der Waals surface area contributed by atoms with E-state index in [9.17, 15) is 4.79 Å². The van der Waals surface area contributed by atoms with Crippen molar-refractivity contribution >= 4 is 5.78 Å². The molecule has 74 valence electrons. The van der Waals surface area contributed by atoms with Crippen LogP contribution in [0, 0.1) is 11.8 Å². The Labute approximate surface area is 84.4 Å². The van der Waals surface area contributed by atoms with E-state index in [4.69, 9.17) is 0 Å². The molecule has 0 aliphatic heterocycles. The standard InChI is InChI=1S/C12H15NO/c1-9(12(14)11-2-3-11)8-10-4-6-13-7-5-10/h4-7,9,11H,2-3,8H2,1H3. The summed E-state index contributed by atoms with van der Waals surface area (Å²) in [5.74, 6) is 0.999. The van der Waals surface area contributed by atoms with E-state index < -0.39 is 0 Å². The largest absolute Gasteiger partial charge is 0.299 e. The molecule has 0 spiro atoms. The van der Waals surface area contributed by atoms with Crippen LogP contribution in [0.4, 0.5) is 0 Å². The van der Waals surface area contributed by atoms with E-state index >= 15 is 0 Å². The lowest BCUT2D eigenvalue weighted by Crippen LogP contribution is -2.15. The Kier molecular flexibility index (Phi) is 2.62. The number of ketones is 1. The van der Waals surface area contributed by atoms with Crippen LogP contribution in [0.25, 0.3) is 0 Å². The number of pyridine rings is 1. The number of Topliss-reactive ketones (excluding diaryl/α,β-unsaturated/α-hetero) is 1. The molecule has 0 amide bonds. The molecule has 14 heavy (non-hydrogen) atoms. The van der Waals surface area contributed by atoms with E-state index in [0.29, 0.717) is 11.7 Å².